The van der Waals surface area contributed by atoms with Crippen LogP contribution in [-0.4, -0.2) is 12.0 Å². The highest BCUT2D eigenvalue weighted by molar-refractivity contribution is 7.11. The number of thiazole rings is 1. The Balaban J connectivity index is 2.25. The molecule has 108 valence electrons. The molecule has 0 saturated heterocycles. The Labute approximate surface area is 119 Å². The van der Waals surface area contributed by atoms with Gasteiger partial charge in [0.1, 0.15) is 0 Å². The van der Waals surface area contributed by atoms with Gasteiger partial charge in [0, 0.05) is 23.5 Å². The highest BCUT2D eigenvalue weighted by Crippen LogP contribution is 2.33. The number of nitrogens with zero attached hydrogens (tertiary/aromatic N) is 1. The molecular formula is C14H15F3N2S. The molecule has 1 aromatic carbocycles. The molecule has 0 radical (unpaired) electrons. The van der Waals surface area contributed by atoms with Crippen LogP contribution in [0.1, 0.15) is 34.0 Å². The van der Waals surface area contributed by atoms with Crippen LogP contribution in [0.3, 0.4) is 0 Å². The lowest BCUT2D eigenvalue weighted by Gasteiger charge is -2.11. The van der Waals surface area contributed by atoms with Crippen LogP contribution in [0.4, 0.5) is 13.2 Å². The van der Waals surface area contributed by atoms with Crippen molar-refractivity contribution in [1.82, 2.24) is 10.3 Å². The number of rotatable bonds is 4. The molecule has 1 heterocycles. The first-order valence-electron chi connectivity index (χ1n) is 6.18. The average molecular weight is 300 g/mol. The second-order valence-electron chi connectivity index (χ2n) is 4.50. The zero-order valence-corrected chi connectivity index (χ0v) is 12.0. The fourth-order valence-corrected chi connectivity index (χ4v) is 2.87. The molecule has 6 heteroatoms. The van der Waals surface area contributed by atoms with E-state index in [0.29, 0.717) is 5.01 Å². The fraction of sp³-hybridized carbons (Fsp3) is 0.357. The lowest BCUT2D eigenvalue weighted by atomic mass is 10.0. The maximum atomic E-state index is 12.9. The van der Waals surface area contributed by atoms with Crippen molar-refractivity contribution in [2.24, 2.45) is 0 Å². The SMILES string of the molecule is CNC(C)c1cnc(Cc2ccccc2C(F)(F)F)s1. The Bertz CT molecular complexity index is 578. The number of alkyl halides is 3. The minimum atomic E-state index is -4.32. The number of hydrogen-bond acceptors (Lipinski definition) is 3. The Hall–Kier alpha value is -1.40. The second kappa shape index (κ2) is 5.93. The highest BCUT2D eigenvalue weighted by Gasteiger charge is 2.32. The average Bonchev–Trinajstić information content (AvgIpc) is 2.86. The molecule has 0 aliphatic rings. The molecular weight excluding hydrogens is 285 g/mol. The summed E-state index contributed by atoms with van der Waals surface area (Å²) >= 11 is 1.44. The van der Waals surface area contributed by atoms with Crippen molar-refractivity contribution in [3.8, 4) is 0 Å². The van der Waals surface area contributed by atoms with E-state index < -0.39 is 11.7 Å². The lowest BCUT2D eigenvalue weighted by molar-refractivity contribution is -0.138. The van der Waals surface area contributed by atoms with E-state index in [0.717, 1.165) is 10.9 Å². The normalized spacial score (nSPS) is 13.4. The predicted molar refractivity (Wildman–Crippen MR) is 73.8 cm³/mol. The van der Waals surface area contributed by atoms with Crippen molar-refractivity contribution in [3.05, 3.63) is 51.5 Å². The number of aromatic nitrogens is 1. The standard InChI is InChI=1S/C14H15F3N2S/c1-9(18-2)12-8-19-13(20-12)7-10-5-3-4-6-11(10)14(15,16)17/h3-6,8-9,18H,7H2,1-2H3. The monoisotopic (exact) mass is 300 g/mol. The van der Waals surface area contributed by atoms with Gasteiger partial charge in [-0.15, -0.1) is 11.3 Å². The predicted octanol–water partition coefficient (Wildman–Crippen LogP) is 4.03. The van der Waals surface area contributed by atoms with E-state index in [1.165, 1.54) is 23.5 Å². The number of hydrogen-bond donors (Lipinski definition) is 1. The third-order valence-electron chi connectivity index (χ3n) is 3.10. The smallest absolute Gasteiger partial charge is 0.312 e. The summed E-state index contributed by atoms with van der Waals surface area (Å²) in [6.45, 7) is 1.99. The van der Waals surface area contributed by atoms with E-state index in [4.69, 9.17) is 0 Å². The molecule has 1 aromatic heterocycles. The zero-order valence-electron chi connectivity index (χ0n) is 11.2. The van der Waals surface area contributed by atoms with E-state index >= 15 is 0 Å². The molecule has 1 atom stereocenters. The molecule has 2 aromatic rings. The fourth-order valence-electron chi connectivity index (χ4n) is 1.86. The van der Waals surface area contributed by atoms with Crippen LogP contribution in [0.2, 0.25) is 0 Å². The molecule has 1 N–H and O–H groups in total. The van der Waals surface area contributed by atoms with Crippen LogP contribution in [0.5, 0.6) is 0 Å². The first-order valence-corrected chi connectivity index (χ1v) is 7.00. The molecule has 0 amide bonds. The molecule has 1 unspecified atom stereocenters. The van der Waals surface area contributed by atoms with E-state index in [2.05, 4.69) is 10.3 Å². The molecule has 20 heavy (non-hydrogen) atoms. The summed E-state index contributed by atoms with van der Waals surface area (Å²) < 4.78 is 38.7. The lowest BCUT2D eigenvalue weighted by Crippen LogP contribution is -2.10. The third-order valence-corrected chi connectivity index (χ3v) is 4.28. The van der Waals surface area contributed by atoms with Crippen LogP contribution in [0, 0.1) is 0 Å². The molecule has 0 saturated carbocycles. The van der Waals surface area contributed by atoms with Crippen molar-refractivity contribution in [2.75, 3.05) is 7.05 Å². The zero-order chi connectivity index (χ0) is 14.8. The number of nitrogens with one attached hydrogen (secondary N) is 1. The summed E-state index contributed by atoms with van der Waals surface area (Å²) in [4.78, 5) is 5.24. The number of halogens is 3. The number of benzene rings is 1. The topological polar surface area (TPSA) is 24.9 Å². The molecule has 0 bridgehead atoms. The van der Waals surface area contributed by atoms with Gasteiger partial charge in [-0.2, -0.15) is 13.2 Å². The Morgan fingerprint density at radius 1 is 1.30 bits per heavy atom. The van der Waals surface area contributed by atoms with Crippen molar-refractivity contribution in [2.45, 2.75) is 25.6 Å². The third kappa shape index (κ3) is 3.37. The van der Waals surface area contributed by atoms with Gasteiger partial charge in [0.05, 0.1) is 10.6 Å². The minimum Gasteiger partial charge on any atom is -0.312 e. The van der Waals surface area contributed by atoms with E-state index in [1.807, 2.05) is 14.0 Å². The van der Waals surface area contributed by atoms with E-state index in [-0.39, 0.29) is 18.0 Å². The summed E-state index contributed by atoms with van der Waals surface area (Å²) in [5.41, 5.74) is -0.323. The quantitative estimate of drug-likeness (QED) is 0.922. The molecule has 0 aliphatic carbocycles. The van der Waals surface area contributed by atoms with Gasteiger partial charge in [-0.25, -0.2) is 4.98 Å². The van der Waals surface area contributed by atoms with Crippen LogP contribution < -0.4 is 5.32 Å². The Morgan fingerprint density at radius 3 is 2.65 bits per heavy atom. The highest BCUT2D eigenvalue weighted by atomic mass is 32.1. The summed E-state index contributed by atoms with van der Waals surface area (Å²) in [6.07, 6.45) is -2.40. The summed E-state index contributed by atoms with van der Waals surface area (Å²) in [6, 6.07) is 5.79. The van der Waals surface area contributed by atoms with Crippen LogP contribution in [0.15, 0.2) is 30.5 Å². The molecule has 2 nitrogen and oxygen atoms in total. The largest absolute Gasteiger partial charge is 0.416 e. The van der Waals surface area contributed by atoms with Crippen molar-refractivity contribution in [1.29, 1.82) is 0 Å². The summed E-state index contributed by atoms with van der Waals surface area (Å²) in [7, 11) is 1.84. The molecule has 0 spiro atoms. The molecule has 0 aliphatic heterocycles. The van der Waals surface area contributed by atoms with Gasteiger partial charge in [0.15, 0.2) is 0 Å². The summed E-state index contributed by atoms with van der Waals surface area (Å²) in [5.74, 6) is 0. The van der Waals surface area contributed by atoms with E-state index in [1.54, 1.807) is 12.3 Å². The van der Waals surface area contributed by atoms with Gasteiger partial charge in [-0.05, 0) is 25.6 Å². The second-order valence-corrected chi connectivity index (χ2v) is 5.65. The maximum Gasteiger partial charge on any atom is 0.416 e. The maximum absolute atomic E-state index is 12.9. The van der Waals surface area contributed by atoms with Gasteiger partial charge < -0.3 is 5.32 Å². The van der Waals surface area contributed by atoms with Gasteiger partial charge >= 0.3 is 6.18 Å². The van der Waals surface area contributed by atoms with Gasteiger partial charge in [-0.1, -0.05) is 18.2 Å². The van der Waals surface area contributed by atoms with Crippen molar-refractivity contribution in [3.63, 3.8) is 0 Å². The van der Waals surface area contributed by atoms with E-state index in [9.17, 15) is 13.2 Å². The van der Waals surface area contributed by atoms with Crippen molar-refractivity contribution >= 4 is 11.3 Å². The van der Waals surface area contributed by atoms with Crippen LogP contribution in [-0.2, 0) is 12.6 Å². The first-order chi connectivity index (χ1) is 9.41. The van der Waals surface area contributed by atoms with Crippen molar-refractivity contribution < 1.29 is 13.2 Å². The molecule has 0 fully saturated rings. The van der Waals surface area contributed by atoms with Gasteiger partial charge in [-0.3, -0.25) is 0 Å². The Morgan fingerprint density at radius 2 is 2.00 bits per heavy atom. The van der Waals surface area contributed by atoms with Gasteiger partial charge in [0.2, 0.25) is 0 Å². The first kappa shape index (κ1) is 15.0. The summed E-state index contributed by atoms with van der Waals surface area (Å²) in [5, 5.41) is 3.78. The van der Waals surface area contributed by atoms with Crippen LogP contribution in [0.25, 0.3) is 0 Å². The molecule has 2 rings (SSSR count). The Kier molecular flexibility index (Phi) is 4.45. The van der Waals surface area contributed by atoms with Gasteiger partial charge in [0.25, 0.3) is 0 Å². The van der Waals surface area contributed by atoms with Crippen LogP contribution >= 0.6 is 11.3 Å². The minimum absolute atomic E-state index is 0.152.